The molecule has 0 atom stereocenters. The van der Waals surface area contributed by atoms with Gasteiger partial charge in [-0.25, -0.2) is 9.50 Å². The highest BCUT2D eigenvalue weighted by Gasteiger charge is 2.21. The minimum atomic E-state index is -0.485. The fourth-order valence-electron chi connectivity index (χ4n) is 4.39. The lowest BCUT2D eigenvalue weighted by atomic mass is 10.0. The van der Waals surface area contributed by atoms with E-state index in [2.05, 4.69) is 17.4 Å². The standard InChI is InChI=1S/C29H25N5O3S/c1-19-25(16-21-10-5-3-6-11-21)29(38-18-26(35)31-23-14-9-15-24(17-23)34(36)37)33-28(30-19)27(20(2)32-33)22-12-7-4-8-13-22/h3-15,17H,16,18H2,1-2H3,(H,31,35). The third kappa shape index (κ3) is 5.28. The lowest BCUT2D eigenvalue weighted by molar-refractivity contribution is -0.384. The Hall–Kier alpha value is -4.50. The minimum absolute atomic E-state index is 0.0764. The summed E-state index contributed by atoms with van der Waals surface area (Å²) in [5.74, 6) is -0.168. The van der Waals surface area contributed by atoms with Gasteiger partial charge >= 0.3 is 0 Å². The van der Waals surface area contributed by atoms with Crippen LogP contribution in [0, 0.1) is 24.0 Å². The second-order valence-corrected chi connectivity index (χ2v) is 9.81. The van der Waals surface area contributed by atoms with Crippen LogP contribution in [0.15, 0.2) is 90.0 Å². The van der Waals surface area contributed by atoms with Crippen molar-refractivity contribution in [2.24, 2.45) is 0 Å². The predicted octanol–water partition coefficient (Wildman–Crippen LogP) is 6.24. The van der Waals surface area contributed by atoms with Crippen molar-refractivity contribution in [2.45, 2.75) is 25.3 Å². The number of amides is 1. The number of aryl methyl sites for hydroxylation is 2. The van der Waals surface area contributed by atoms with Crippen molar-refractivity contribution in [1.82, 2.24) is 14.6 Å². The Kier molecular flexibility index (Phi) is 7.19. The summed E-state index contributed by atoms with van der Waals surface area (Å²) >= 11 is 1.38. The SMILES string of the molecule is Cc1nc2c(-c3ccccc3)c(C)nn2c(SCC(=O)Nc2cccc([N+](=O)[O-])c2)c1Cc1ccccc1. The zero-order chi connectivity index (χ0) is 26.6. The topological polar surface area (TPSA) is 102 Å². The van der Waals surface area contributed by atoms with E-state index in [4.69, 9.17) is 10.1 Å². The summed E-state index contributed by atoms with van der Waals surface area (Å²) in [4.78, 5) is 28.5. The van der Waals surface area contributed by atoms with E-state index < -0.39 is 4.92 Å². The number of aromatic nitrogens is 3. The van der Waals surface area contributed by atoms with Crippen LogP contribution in [-0.4, -0.2) is 31.2 Å². The maximum atomic E-state index is 12.9. The first-order valence-electron chi connectivity index (χ1n) is 12.1. The van der Waals surface area contributed by atoms with Gasteiger partial charge in [-0.05, 0) is 31.0 Å². The Morgan fingerprint density at radius 3 is 2.39 bits per heavy atom. The zero-order valence-electron chi connectivity index (χ0n) is 20.9. The molecule has 2 aromatic heterocycles. The number of hydrogen-bond acceptors (Lipinski definition) is 6. The van der Waals surface area contributed by atoms with Crippen molar-refractivity contribution in [2.75, 3.05) is 11.1 Å². The first-order chi connectivity index (χ1) is 18.4. The summed E-state index contributed by atoms with van der Waals surface area (Å²) in [6, 6.07) is 26.1. The van der Waals surface area contributed by atoms with Gasteiger partial charge in [0.2, 0.25) is 5.91 Å². The number of carbonyl (C=O) groups is 1. The van der Waals surface area contributed by atoms with E-state index in [0.717, 1.165) is 44.3 Å². The van der Waals surface area contributed by atoms with Gasteiger partial charge in [0.15, 0.2) is 5.65 Å². The minimum Gasteiger partial charge on any atom is -0.325 e. The van der Waals surface area contributed by atoms with Gasteiger partial charge < -0.3 is 5.32 Å². The summed E-state index contributed by atoms with van der Waals surface area (Å²) < 4.78 is 1.84. The zero-order valence-corrected chi connectivity index (χ0v) is 21.7. The molecule has 8 nitrogen and oxygen atoms in total. The van der Waals surface area contributed by atoms with Gasteiger partial charge in [-0.1, -0.05) is 78.5 Å². The average Bonchev–Trinajstić information content (AvgIpc) is 3.24. The van der Waals surface area contributed by atoms with Crippen molar-refractivity contribution < 1.29 is 9.72 Å². The second kappa shape index (κ2) is 10.9. The van der Waals surface area contributed by atoms with Gasteiger partial charge in [-0.15, -0.1) is 0 Å². The molecule has 0 aliphatic heterocycles. The van der Waals surface area contributed by atoms with Gasteiger partial charge in [0.05, 0.1) is 16.4 Å². The summed E-state index contributed by atoms with van der Waals surface area (Å²) in [6.07, 6.45) is 0.643. The fourth-order valence-corrected chi connectivity index (χ4v) is 5.38. The number of rotatable bonds is 8. The summed E-state index contributed by atoms with van der Waals surface area (Å²) in [6.45, 7) is 3.95. The van der Waals surface area contributed by atoms with Gasteiger partial charge in [0.1, 0.15) is 5.03 Å². The van der Waals surface area contributed by atoms with E-state index >= 15 is 0 Å². The first kappa shape index (κ1) is 25.2. The normalized spacial score (nSPS) is 11.0. The molecule has 0 radical (unpaired) electrons. The van der Waals surface area contributed by atoms with Crippen molar-refractivity contribution >= 4 is 34.7 Å². The molecule has 0 fully saturated rings. The predicted molar refractivity (Wildman–Crippen MR) is 150 cm³/mol. The van der Waals surface area contributed by atoms with Crippen LogP contribution in [0.3, 0.4) is 0 Å². The molecule has 0 aliphatic carbocycles. The summed E-state index contributed by atoms with van der Waals surface area (Å²) in [5.41, 5.74) is 6.89. The number of benzene rings is 3. The highest BCUT2D eigenvalue weighted by Crippen LogP contribution is 2.34. The Balaban J connectivity index is 1.52. The molecule has 2 heterocycles. The van der Waals surface area contributed by atoms with Gasteiger partial charge in [-0.3, -0.25) is 14.9 Å². The molecular weight excluding hydrogens is 498 g/mol. The highest BCUT2D eigenvalue weighted by atomic mass is 32.2. The fraction of sp³-hybridized carbons (Fsp3) is 0.138. The third-order valence-corrected chi connectivity index (χ3v) is 7.26. The number of hydrogen-bond donors (Lipinski definition) is 1. The molecule has 190 valence electrons. The number of thioether (sulfide) groups is 1. The number of nitrogens with zero attached hydrogens (tertiary/aromatic N) is 4. The van der Waals surface area contributed by atoms with E-state index in [1.165, 1.54) is 23.9 Å². The van der Waals surface area contributed by atoms with E-state index in [1.54, 1.807) is 12.1 Å². The molecule has 0 spiro atoms. The molecular formula is C29H25N5O3S. The van der Waals surface area contributed by atoms with E-state index in [1.807, 2.05) is 66.9 Å². The molecule has 0 aliphatic rings. The first-order valence-corrected chi connectivity index (χ1v) is 13.0. The van der Waals surface area contributed by atoms with Crippen molar-refractivity contribution in [3.05, 3.63) is 118 Å². The number of non-ortho nitro benzene ring substituents is 1. The van der Waals surface area contributed by atoms with Crippen LogP contribution in [0.4, 0.5) is 11.4 Å². The molecule has 0 bridgehead atoms. The number of anilines is 1. The molecule has 0 saturated heterocycles. The smallest absolute Gasteiger partial charge is 0.271 e. The van der Waals surface area contributed by atoms with Crippen LogP contribution in [0.2, 0.25) is 0 Å². The Morgan fingerprint density at radius 1 is 0.974 bits per heavy atom. The number of nitro benzene ring substituents is 1. The molecule has 3 aromatic carbocycles. The van der Waals surface area contributed by atoms with Gasteiger partial charge in [0, 0.05) is 41.1 Å². The van der Waals surface area contributed by atoms with Crippen LogP contribution in [-0.2, 0) is 11.2 Å². The largest absolute Gasteiger partial charge is 0.325 e. The third-order valence-electron chi connectivity index (χ3n) is 6.16. The molecule has 5 rings (SSSR count). The van der Waals surface area contributed by atoms with Crippen LogP contribution >= 0.6 is 11.8 Å². The number of nitro groups is 1. The maximum absolute atomic E-state index is 12.9. The molecule has 5 aromatic rings. The van der Waals surface area contributed by atoms with Gasteiger partial charge in [-0.2, -0.15) is 5.10 Å². The lowest BCUT2D eigenvalue weighted by Crippen LogP contribution is -2.15. The number of nitrogens with one attached hydrogen (secondary N) is 1. The molecule has 9 heteroatoms. The molecule has 1 N–H and O–H groups in total. The van der Waals surface area contributed by atoms with E-state index in [-0.39, 0.29) is 17.3 Å². The molecule has 0 unspecified atom stereocenters. The average molecular weight is 524 g/mol. The van der Waals surface area contributed by atoms with Crippen molar-refractivity contribution in [1.29, 1.82) is 0 Å². The Labute approximate surface area is 223 Å². The monoisotopic (exact) mass is 523 g/mol. The second-order valence-electron chi connectivity index (χ2n) is 8.85. The van der Waals surface area contributed by atoms with Crippen LogP contribution in [0.5, 0.6) is 0 Å². The van der Waals surface area contributed by atoms with Gasteiger partial charge in [0.25, 0.3) is 5.69 Å². The van der Waals surface area contributed by atoms with Crippen LogP contribution in [0.1, 0.15) is 22.5 Å². The van der Waals surface area contributed by atoms with E-state index in [9.17, 15) is 14.9 Å². The van der Waals surface area contributed by atoms with Crippen LogP contribution in [0.25, 0.3) is 16.8 Å². The Morgan fingerprint density at radius 2 is 1.68 bits per heavy atom. The Bertz CT molecular complexity index is 1640. The van der Waals surface area contributed by atoms with Crippen molar-refractivity contribution in [3.63, 3.8) is 0 Å². The number of carbonyl (C=O) groups excluding carboxylic acids is 1. The summed E-state index contributed by atoms with van der Waals surface area (Å²) in [5, 5.41) is 19.6. The van der Waals surface area contributed by atoms with Crippen LogP contribution < -0.4 is 5.32 Å². The molecule has 38 heavy (non-hydrogen) atoms. The quantitative estimate of drug-likeness (QED) is 0.112. The van der Waals surface area contributed by atoms with Crippen molar-refractivity contribution in [3.8, 4) is 11.1 Å². The lowest BCUT2D eigenvalue weighted by Gasteiger charge is -2.14. The maximum Gasteiger partial charge on any atom is 0.271 e. The molecule has 0 saturated carbocycles. The molecule has 1 amide bonds. The highest BCUT2D eigenvalue weighted by molar-refractivity contribution is 8.00. The number of fused-ring (bicyclic) bond motifs is 1. The van der Waals surface area contributed by atoms with E-state index in [0.29, 0.717) is 12.1 Å². The summed E-state index contributed by atoms with van der Waals surface area (Å²) in [7, 11) is 0.